The van der Waals surface area contributed by atoms with Gasteiger partial charge in [-0.25, -0.2) is 4.98 Å². The first-order valence-corrected chi connectivity index (χ1v) is 13.4. The van der Waals surface area contributed by atoms with Gasteiger partial charge in [0, 0.05) is 12.0 Å². The molecule has 2 unspecified atom stereocenters. The minimum Gasteiger partial charge on any atom is -0.460 e. The number of fused-ring (bicyclic) bond motifs is 1. The second-order valence-electron chi connectivity index (χ2n) is 12.0. The van der Waals surface area contributed by atoms with E-state index in [1.807, 2.05) is 60.7 Å². The second-order valence-corrected chi connectivity index (χ2v) is 12.0. The number of aliphatic hydroxyl groups is 2. The number of carbonyl (C=O) groups excluding carboxylic acids is 2. The van der Waals surface area contributed by atoms with Crippen LogP contribution in [0.3, 0.4) is 0 Å². The Morgan fingerprint density at radius 1 is 1.10 bits per heavy atom. The van der Waals surface area contributed by atoms with E-state index in [2.05, 4.69) is 4.98 Å². The molecule has 2 aromatic carbocycles. The third-order valence-electron chi connectivity index (χ3n) is 7.41. The molecule has 2 heterocycles. The van der Waals surface area contributed by atoms with Crippen LogP contribution in [0.1, 0.15) is 86.7 Å². The number of aromatic nitrogens is 2. The van der Waals surface area contributed by atoms with Crippen LogP contribution >= 0.6 is 0 Å². The average molecular weight is 534 g/mol. The van der Waals surface area contributed by atoms with Gasteiger partial charge in [0.15, 0.2) is 5.78 Å². The molecule has 0 saturated heterocycles. The normalized spacial score (nSPS) is 19.7. The molecule has 8 nitrogen and oxygen atoms in total. The first-order chi connectivity index (χ1) is 18.3. The Labute approximate surface area is 229 Å². The fraction of sp³-hybridized carbons (Fsp3) is 0.452. The SMILES string of the molecule is CC(C)(C)OC(=O)[C@@H](C(N)c1ccccc1)[C@@H](O)C[C@@H](Cc1ccccc1)c1ncc2n1C(O)C(C)(C)C2=O. The number of ketones is 1. The Morgan fingerprint density at radius 3 is 2.28 bits per heavy atom. The Balaban J connectivity index is 1.72. The lowest BCUT2D eigenvalue weighted by atomic mass is 9.82. The van der Waals surface area contributed by atoms with Crippen molar-refractivity contribution in [2.24, 2.45) is 17.1 Å². The molecule has 4 N–H and O–H groups in total. The number of rotatable bonds is 9. The number of carbonyl (C=O) groups is 2. The molecular formula is C31H39N3O5. The van der Waals surface area contributed by atoms with E-state index < -0.39 is 47.2 Å². The van der Waals surface area contributed by atoms with E-state index in [-0.39, 0.29) is 12.2 Å². The number of esters is 1. The van der Waals surface area contributed by atoms with Crippen LogP contribution in [0.4, 0.5) is 0 Å². The lowest BCUT2D eigenvalue weighted by Crippen LogP contribution is -2.42. The molecule has 3 aromatic rings. The Hall–Kier alpha value is -3.33. The van der Waals surface area contributed by atoms with E-state index in [0.29, 0.717) is 23.5 Å². The van der Waals surface area contributed by atoms with Crippen molar-refractivity contribution in [3.8, 4) is 0 Å². The highest BCUT2D eigenvalue weighted by Crippen LogP contribution is 2.43. The summed E-state index contributed by atoms with van der Waals surface area (Å²) in [6.07, 6.45) is -0.227. The molecule has 39 heavy (non-hydrogen) atoms. The summed E-state index contributed by atoms with van der Waals surface area (Å²) in [5.41, 5.74) is 6.87. The van der Waals surface area contributed by atoms with Gasteiger partial charge in [-0.3, -0.25) is 14.2 Å². The molecule has 4 rings (SSSR count). The van der Waals surface area contributed by atoms with E-state index in [1.54, 1.807) is 39.2 Å². The van der Waals surface area contributed by atoms with Gasteiger partial charge in [0.2, 0.25) is 0 Å². The molecule has 1 aliphatic rings. The van der Waals surface area contributed by atoms with Crippen LogP contribution in [0, 0.1) is 11.3 Å². The van der Waals surface area contributed by atoms with Crippen LogP contribution in [0.2, 0.25) is 0 Å². The molecule has 208 valence electrons. The predicted octanol–water partition coefficient (Wildman–Crippen LogP) is 4.33. The van der Waals surface area contributed by atoms with E-state index in [9.17, 15) is 19.8 Å². The van der Waals surface area contributed by atoms with Gasteiger partial charge in [-0.15, -0.1) is 0 Å². The Kier molecular flexibility index (Phi) is 8.12. The quantitative estimate of drug-likeness (QED) is 0.349. The van der Waals surface area contributed by atoms with E-state index in [4.69, 9.17) is 10.5 Å². The summed E-state index contributed by atoms with van der Waals surface area (Å²) >= 11 is 0. The van der Waals surface area contributed by atoms with Crippen molar-refractivity contribution in [3.63, 3.8) is 0 Å². The smallest absolute Gasteiger partial charge is 0.314 e. The van der Waals surface area contributed by atoms with Crippen molar-refractivity contribution in [1.82, 2.24) is 9.55 Å². The van der Waals surface area contributed by atoms with Gasteiger partial charge in [0.05, 0.1) is 17.7 Å². The fourth-order valence-corrected chi connectivity index (χ4v) is 5.28. The summed E-state index contributed by atoms with van der Waals surface area (Å²) < 4.78 is 7.27. The number of hydrogen-bond acceptors (Lipinski definition) is 7. The van der Waals surface area contributed by atoms with Crippen LogP contribution < -0.4 is 5.73 Å². The van der Waals surface area contributed by atoms with Gasteiger partial charge in [-0.05, 0) is 58.6 Å². The first kappa shape index (κ1) is 28.7. The highest BCUT2D eigenvalue weighted by atomic mass is 16.6. The van der Waals surface area contributed by atoms with Crippen molar-refractivity contribution in [1.29, 1.82) is 0 Å². The van der Waals surface area contributed by atoms with E-state index in [0.717, 1.165) is 5.56 Å². The number of nitrogens with zero attached hydrogens (tertiary/aromatic N) is 2. The fourth-order valence-electron chi connectivity index (χ4n) is 5.28. The van der Waals surface area contributed by atoms with Crippen molar-refractivity contribution in [3.05, 3.63) is 89.5 Å². The topological polar surface area (TPSA) is 128 Å². The number of benzene rings is 2. The van der Waals surface area contributed by atoms with Crippen LogP contribution in [-0.2, 0) is 16.0 Å². The number of hydrogen-bond donors (Lipinski definition) is 3. The molecular weight excluding hydrogens is 494 g/mol. The minimum absolute atomic E-state index is 0.108. The molecule has 1 aromatic heterocycles. The van der Waals surface area contributed by atoms with Gasteiger partial charge in [0.25, 0.3) is 0 Å². The molecule has 0 spiro atoms. The van der Waals surface area contributed by atoms with Gasteiger partial charge in [-0.1, -0.05) is 60.7 Å². The lowest BCUT2D eigenvalue weighted by Gasteiger charge is -2.32. The number of nitrogens with two attached hydrogens (primary N) is 1. The third-order valence-corrected chi connectivity index (χ3v) is 7.41. The zero-order valence-electron chi connectivity index (χ0n) is 23.2. The van der Waals surface area contributed by atoms with Gasteiger partial charge in [0.1, 0.15) is 29.3 Å². The molecule has 0 radical (unpaired) electrons. The molecule has 0 aliphatic carbocycles. The maximum atomic E-state index is 13.4. The molecule has 0 fully saturated rings. The Bertz CT molecular complexity index is 1300. The standard InChI is InChI=1S/C31H39N3O5/c1-30(2,3)39-28(37)24(25(32)20-14-10-7-11-15-20)23(35)17-21(16-19-12-8-6-9-13-19)27-33-18-22-26(36)31(4,5)29(38)34(22)27/h6-15,18,21,23-25,29,35,38H,16-17,32H2,1-5H3/t21-,23+,24-,25?,29?/m1/s1. The zero-order chi connectivity index (χ0) is 28.5. The minimum atomic E-state index is -1.20. The molecule has 0 saturated carbocycles. The second kappa shape index (κ2) is 11.0. The van der Waals surface area contributed by atoms with Gasteiger partial charge >= 0.3 is 5.97 Å². The average Bonchev–Trinajstić information content (AvgIpc) is 3.38. The van der Waals surface area contributed by atoms with Crippen molar-refractivity contribution in [2.75, 3.05) is 0 Å². The lowest BCUT2D eigenvalue weighted by molar-refractivity contribution is -0.165. The van der Waals surface area contributed by atoms with E-state index in [1.165, 1.54) is 6.20 Å². The summed E-state index contributed by atoms with van der Waals surface area (Å²) in [6.45, 7) is 8.72. The van der Waals surface area contributed by atoms with Crippen molar-refractivity contribution >= 4 is 11.8 Å². The summed E-state index contributed by atoms with van der Waals surface area (Å²) in [5.74, 6) is -1.78. The zero-order valence-corrected chi connectivity index (χ0v) is 23.2. The van der Waals surface area contributed by atoms with E-state index >= 15 is 0 Å². The van der Waals surface area contributed by atoms with Crippen molar-refractivity contribution < 1.29 is 24.5 Å². The highest BCUT2D eigenvalue weighted by Gasteiger charge is 2.48. The van der Waals surface area contributed by atoms with Crippen LogP contribution in [0.5, 0.6) is 0 Å². The van der Waals surface area contributed by atoms with Crippen LogP contribution in [0.15, 0.2) is 66.9 Å². The largest absolute Gasteiger partial charge is 0.460 e. The van der Waals surface area contributed by atoms with Crippen LogP contribution in [-0.4, -0.2) is 43.2 Å². The summed E-state index contributed by atoms with van der Waals surface area (Å²) in [6, 6.07) is 18.1. The van der Waals surface area contributed by atoms with Crippen LogP contribution in [0.25, 0.3) is 0 Å². The monoisotopic (exact) mass is 533 g/mol. The number of imidazole rings is 1. The first-order valence-electron chi connectivity index (χ1n) is 13.4. The maximum absolute atomic E-state index is 13.4. The maximum Gasteiger partial charge on any atom is 0.314 e. The number of ether oxygens (including phenoxy) is 1. The summed E-state index contributed by atoms with van der Waals surface area (Å²) in [5, 5.41) is 22.8. The summed E-state index contributed by atoms with van der Waals surface area (Å²) in [4.78, 5) is 31.0. The third kappa shape index (κ3) is 5.98. The molecule has 0 bridgehead atoms. The highest BCUT2D eigenvalue weighted by molar-refractivity contribution is 6.01. The Morgan fingerprint density at radius 2 is 1.69 bits per heavy atom. The summed E-state index contributed by atoms with van der Waals surface area (Å²) in [7, 11) is 0. The predicted molar refractivity (Wildman–Crippen MR) is 148 cm³/mol. The molecule has 5 atom stereocenters. The van der Waals surface area contributed by atoms with Crippen molar-refractivity contribution in [2.45, 2.75) is 77.4 Å². The molecule has 8 heteroatoms. The van der Waals surface area contributed by atoms with Gasteiger partial charge < -0.3 is 20.7 Å². The molecule has 0 amide bonds. The number of aliphatic hydroxyl groups excluding tert-OH is 2. The number of Topliss-reactive ketones (excluding diaryl/α,β-unsaturated/α-hetero) is 1. The molecule has 1 aliphatic heterocycles. The van der Waals surface area contributed by atoms with Gasteiger partial charge in [-0.2, -0.15) is 0 Å².